The van der Waals surface area contributed by atoms with Gasteiger partial charge in [0, 0.05) is 16.3 Å². The SMILES string of the molecule is CCOC(=O)C(C)(C)c1csc(-c2ccsc2)n1. The lowest BCUT2D eigenvalue weighted by molar-refractivity contribution is -0.148. The molecule has 2 aromatic heterocycles. The maximum Gasteiger partial charge on any atom is 0.317 e. The number of thiophene rings is 1. The smallest absolute Gasteiger partial charge is 0.317 e. The van der Waals surface area contributed by atoms with Crippen LogP contribution in [0.25, 0.3) is 10.6 Å². The van der Waals surface area contributed by atoms with Gasteiger partial charge in [-0.3, -0.25) is 4.79 Å². The Morgan fingerprint density at radius 2 is 2.22 bits per heavy atom. The van der Waals surface area contributed by atoms with Gasteiger partial charge in [-0.2, -0.15) is 11.3 Å². The molecule has 5 heteroatoms. The van der Waals surface area contributed by atoms with Gasteiger partial charge in [-0.25, -0.2) is 4.98 Å². The molecular weight excluding hydrogens is 266 g/mol. The number of thiazole rings is 1. The summed E-state index contributed by atoms with van der Waals surface area (Å²) in [6, 6.07) is 2.03. The summed E-state index contributed by atoms with van der Waals surface area (Å²) in [5, 5.41) is 6.96. The molecule has 0 radical (unpaired) electrons. The van der Waals surface area contributed by atoms with Gasteiger partial charge in [0.05, 0.1) is 12.3 Å². The molecule has 0 aliphatic heterocycles. The van der Waals surface area contributed by atoms with Crippen molar-refractivity contribution < 1.29 is 9.53 Å². The van der Waals surface area contributed by atoms with Crippen LogP contribution in [-0.2, 0) is 14.9 Å². The van der Waals surface area contributed by atoms with Gasteiger partial charge in [-0.1, -0.05) is 0 Å². The molecule has 0 aliphatic carbocycles. The van der Waals surface area contributed by atoms with E-state index in [1.54, 1.807) is 22.7 Å². The fraction of sp³-hybridized carbons (Fsp3) is 0.385. The monoisotopic (exact) mass is 281 g/mol. The molecule has 0 saturated heterocycles. The van der Waals surface area contributed by atoms with Crippen LogP contribution in [0.5, 0.6) is 0 Å². The van der Waals surface area contributed by atoms with E-state index in [0.717, 1.165) is 16.3 Å². The minimum Gasteiger partial charge on any atom is -0.465 e. The van der Waals surface area contributed by atoms with Crippen molar-refractivity contribution in [2.45, 2.75) is 26.2 Å². The van der Waals surface area contributed by atoms with E-state index in [0.29, 0.717) is 6.61 Å². The molecule has 0 amide bonds. The zero-order chi connectivity index (χ0) is 13.2. The second kappa shape index (κ2) is 5.20. The number of carbonyl (C=O) groups is 1. The third kappa shape index (κ3) is 2.47. The standard InChI is InChI=1S/C13H15NO2S2/c1-4-16-12(15)13(2,3)10-8-18-11(14-10)9-5-6-17-7-9/h5-8H,4H2,1-3H3. The molecule has 0 atom stereocenters. The van der Waals surface area contributed by atoms with Crippen LogP contribution in [0.4, 0.5) is 0 Å². The molecule has 0 aromatic carbocycles. The first kappa shape index (κ1) is 13.2. The predicted molar refractivity (Wildman–Crippen MR) is 75.1 cm³/mol. The molecule has 0 bridgehead atoms. The number of ether oxygens (including phenoxy) is 1. The maximum atomic E-state index is 11.9. The topological polar surface area (TPSA) is 39.2 Å². The van der Waals surface area contributed by atoms with Gasteiger partial charge in [0.1, 0.15) is 10.4 Å². The molecule has 2 heterocycles. The van der Waals surface area contributed by atoms with Crippen LogP contribution in [0.2, 0.25) is 0 Å². The Morgan fingerprint density at radius 3 is 2.83 bits per heavy atom. The van der Waals surface area contributed by atoms with Crippen molar-refractivity contribution in [1.29, 1.82) is 0 Å². The zero-order valence-electron chi connectivity index (χ0n) is 10.6. The number of esters is 1. The molecule has 0 saturated carbocycles. The highest BCUT2D eigenvalue weighted by Crippen LogP contribution is 2.31. The fourth-order valence-corrected chi connectivity index (χ4v) is 3.20. The molecule has 18 heavy (non-hydrogen) atoms. The molecule has 0 unspecified atom stereocenters. The third-order valence-corrected chi connectivity index (χ3v) is 4.27. The van der Waals surface area contributed by atoms with E-state index in [4.69, 9.17) is 4.74 Å². The van der Waals surface area contributed by atoms with E-state index in [2.05, 4.69) is 10.4 Å². The molecule has 0 aliphatic rings. The highest BCUT2D eigenvalue weighted by molar-refractivity contribution is 7.14. The number of hydrogen-bond donors (Lipinski definition) is 0. The van der Waals surface area contributed by atoms with Gasteiger partial charge >= 0.3 is 5.97 Å². The maximum absolute atomic E-state index is 11.9. The van der Waals surface area contributed by atoms with E-state index in [1.807, 2.05) is 37.6 Å². The summed E-state index contributed by atoms with van der Waals surface area (Å²) in [5.74, 6) is -0.229. The van der Waals surface area contributed by atoms with Crippen LogP contribution in [-0.4, -0.2) is 17.6 Å². The lowest BCUT2D eigenvalue weighted by Gasteiger charge is -2.19. The second-order valence-corrected chi connectivity index (χ2v) is 6.03. The second-order valence-electron chi connectivity index (χ2n) is 4.40. The van der Waals surface area contributed by atoms with Gasteiger partial charge in [-0.15, -0.1) is 11.3 Å². The van der Waals surface area contributed by atoms with Gasteiger partial charge in [0.2, 0.25) is 0 Å². The number of rotatable bonds is 4. The van der Waals surface area contributed by atoms with Gasteiger partial charge in [0.25, 0.3) is 0 Å². The first-order chi connectivity index (χ1) is 8.55. The average Bonchev–Trinajstić information content (AvgIpc) is 3.00. The number of nitrogens with zero attached hydrogens (tertiary/aromatic N) is 1. The molecule has 96 valence electrons. The Bertz CT molecular complexity index is 529. The number of carbonyl (C=O) groups excluding carboxylic acids is 1. The zero-order valence-corrected chi connectivity index (χ0v) is 12.2. The molecule has 2 rings (SSSR count). The van der Waals surface area contributed by atoms with E-state index in [9.17, 15) is 4.79 Å². The van der Waals surface area contributed by atoms with E-state index in [-0.39, 0.29) is 5.97 Å². The van der Waals surface area contributed by atoms with Crippen LogP contribution in [0, 0.1) is 0 Å². The average molecular weight is 281 g/mol. The van der Waals surface area contributed by atoms with Crippen LogP contribution in [0.3, 0.4) is 0 Å². The van der Waals surface area contributed by atoms with Crippen molar-refractivity contribution in [2.75, 3.05) is 6.61 Å². The van der Waals surface area contributed by atoms with Crippen LogP contribution in [0.15, 0.2) is 22.2 Å². The molecule has 0 spiro atoms. The van der Waals surface area contributed by atoms with Crippen molar-refractivity contribution in [3.05, 3.63) is 27.9 Å². The molecular formula is C13H15NO2S2. The summed E-state index contributed by atoms with van der Waals surface area (Å²) >= 11 is 3.20. The first-order valence-corrected chi connectivity index (χ1v) is 7.53. The Balaban J connectivity index is 2.27. The van der Waals surface area contributed by atoms with E-state index in [1.165, 1.54) is 0 Å². The predicted octanol–water partition coefficient (Wildman–Crippen LogP) is 3.71. The Labute approximate surface area is 114 Å². The van der Waals surface area contributed by atoms with Gasteiger partial charge < -0.3 is 4.74 Å². The van der Waals surface area contributed by atoms with Crippen molar-refractivity contribution in [2.24, 2.45) is 0 Å². The minimum atomic E-state index is -0.694. The summed E-state index contributed by atoms with van der Waals surface area (Å²) in [4.78, 5) is 16.5. The van der Waals surface area contributed by atoms with Gasteiger partial charge in [-0.05, 0) is 32.2 Å². The quantitative estimate of drug-likeness (QED) is 0.802. The molecule has 0 fully saturated rings. The summed E-state index contributed by atoms with van der Waals surface area (Å²) in [6.07, 6.45) is 0. The third-order valence-electron chi connectivity index (χ3n) is 2.70. The van der Waals surface area contributed by atoms with E-state index >= 15 is 0 Å². The van der Waals surface area contributed by atoms with Crippen molar-refractivity contribution in [3.63, 3.8) is 0 Å². The van der Waals surface area contributed by atoms with Crippen molar-refractivity contribution in [3.8, 4) is 10.6 Å². The highest BCUT2D eigenvalue weighted by Gasteiger charge is 2.33. The first-order valence-electron chi connectivity index (χ1n) is 5.71. The summed E-state index contributed by atoms with van der Waals surface area (Å²) in [7, 11) is 0. The minimum absolute atomic E-state index is 0.229. The van der Waals surface area contributed by atoms with Crippen LogP contribution in [0.1, 0.15) is 26.5 Å². The van der Waals surface area contributed by atoms with Gasteiger partial charge in [0.15, 0.2) is 0 Å². The Morgan fingerprint density at radius 1 is 1.44 bits per heavy atom. The summed E-state index contributed by atoms with van der Waals surface area (Å²) in [6.45, 7) is 5.89. The molecule has 3 nitrogen and oxygen atoms in total. The fourth-order valence-electron chi connectivity index (χ4n) is 1.50. The summed E-state index contributed by atoms with van der Waals surface area (Å²) < 4.78 is 5.09. The largest absolute Gasteiger partial charge is 0.465 e. The highest BCUT2D eigenvalue weighted by atomic mass is 32.1. The lowest BCUT2D eigenvalue weighted by atomic mass is 9.90. The Kier molecular flexibility index (Phi) is 3.82. The number of aromatic nitrogens is 1. The normalized spacial score (nSPS) is 11.5. The lowest BCUT2D eigenvalue weighted by Crippen LogP contribution is -2.31. The van der Waals surface area contributed by atoms with Crippen molar-refractivity contribution >= 4 is 28.6 Å². The number of hydrogen-bond acceptors (Lipinski definition) is 5. The summed E-state index contributed by atoms with van der Waals surface area (Å²) in [5.41, 5.74) is 1.18. The van der Waals surface area contributed by atoms with Crippen molar-refractivity contribution in [1.82, 2.24) is 4.98 Å². The molecule has 0 N–H and O–H groups in total. The molecule has 2 aromatic rings. The van der Waals surface area contributed by atoms with Crippen LogP contribution < -0.4 is 0 Å². The Hall–Kier alpha value is -1.20. The van der Waals surface area contributed by atoms with Crippen LogP contribution >= 0.6 is 22.7 Å². The van der Waals surface area contributed by atoms with E-state index < -0.39 is 5.41 Å².